The lowest BCUT2D eigenvalue weighted by molar-refractivity contribution is -0.0581. The molecule has 0 aliphatic carbocycles. The lowest BCUT2D eigenvalue weighted by Crippen LogP contribution is -2.27. The zero-order chi connectivity index (χ0) is 12.3. The first-order valence-electron chi connectivity index (χ1n) is 7.63. The maximum atomic E-state index is 8.77. The van der Waals surface area contributed by atoms with Crippen LogP contribution in [-0.2, 0) is 4.74 Å². The van der Waals surface area contributed by atoms with E-state index in [0.29, 0.717) is 18.8 Å². The Morgan fingerprint density at radius 1 is 0.941 bits per heavy atom. The van der Waals surface area contributed by atoms with Crippen LogP contribution in [0.25, 0.3) is 0 Å². The van der Waals surface area contributed by atoms with Gasteiger partial charge in [0.05, 0.1) is 12.2 Å². The van der Waals surface area contributed by atoms with Crippen molar-refractivity contribution in [1.29, 1.82) is 0 Å². The fourth-order valence-corrected chi connectivity index (χ4v) is 2.69. The first-order chi connectivity index (χ1) is 8.36. The summed E-state index contributed by atoms with van der Waals surface area (Å²) in [6.45, 7) is 2.58. The first-order valence-corrected chi connectivity index (χ1v) is 7.63. The number of hydrogen-bond donors (Lipinski definition) is 1. The highest BCUT2D eigenvalue weighted by atomic mass is 16.5. The Hall–Kier alpha value is -0.0800. The summed E-state index contributed by atoms with van der Waals surface area (Å²) < 4.78 is 6.13. The van der Waals surface area contributed by atoms with Gasteiger partial charge in [0.25, 0.3) is 0 Å². The fraction of sp³-hybridized carbons (Fsp3) is 1.00. The number of rotatable bonds is 9. The van der Waals surface area contributed by atoms with E-state index in [4.69, 9.17) is 9.84 Å². The molecule has 0 aromatic heterocycles. The van der Waals surface area contributed by atoms with Gasteiger partial charge in [0.15, 0.2) is 0 Å². The molecule has 0 spiro atoms. The van der Waals surface area contributed by atoms with Gasteiger partial charge in [-0.1, -0.05) is 32.6 Å². The standard InChI is InChI=1S/C15H30O2/c1-2-3-4-5-9-14-11-8-12-15(17-14)10-6-7-13-16/h14-16H,2-13H2,1H3/t14-,15+/m1/s1. The second-order valence-corrected chi connectivity index (χ2v) is 5.38. The van der Waals surface area contributed by atoms with Gasteiger partial charge in [0, 0.05) is 6.61 Å². The summed E-state index contributed by atoms with van der Waals surface area (Å²) in [7, 11) is 0. The summed E-state index contributed by atoms with van der Waals surface area (Å²) >= 11 is 0. The van der Waals surface area contributed by atoms with Crippen LogP contribution in [0, 0.1) is 0 Å². The minimum Gasteiger partial charge on any atom is -0.396 e. The third-order valence-electron chi connectivity index (χ3n) is 3.75. The summed E-state index contributed by atoms with van der Waals surface area (Å²) in [6.07, 6.45) is 14.7. The van der Waals surface area contributed by atoms with Crippen LogP contribution in [0.5, 0.6) is 0 Å². The summed E-state index contributed by atoms with van der Waals surface area (Å²) in [5.74, 6) is 0. The molecule has 0 aromatic rings. The largest absolute Gasteiger partial charge is 0.396 e. The Morgan fingerprint density at radius 3 is 2.18 bits per heavy atom. The van der Waals surface area contributed by atoms with Crippen molar-refractivity contribution in [1.82, 2.24) is 0 Å². The molecule has 0 amide bonds. The number of ether oxygens (including phenoxy) is 1. The molecular formula is C15H30O2. The van der Waals surface area contributed by atoms with Gasteiger partial charge in [-0.2, -0.15) is 0 Å². The number of hydrogen-bond acceptors (Lipinski definition) is 2. The quantitative estimate of drug-likeness (QED) is 0.618. The zero-order valence-electron chi connectivity index (χ0n) is 11.5. The molecule has 17 heavy (non-hydrogen) atoms. The number of aliphatic hydroxyl groups is 1. The van der Waals surface area contributed by atoms with E-state index in [9.17, 15) is 0 Å². The molecule has 1 heterocycles. The molecule has 1 N–H and O–H groups in total. The molecule has 0 unspecified atom stereocenters. The fourth-order valence-electron chi connectivity index (χ4n) is 2.69. The predicted molar refractivity (Wildman–Crippen MR) is 72.2 cm³/mol. The summed E-state index contributed by atoms with van der Waals surface area (Å²) in [6, 6.07) is 0. The van der Waals surface area contributed by atoms with Gasteiger partial charge in [-0.25, -0.2) is 0 Å². The monoisotopic (exact) mass is 242 g/mol. The Bertz CT molecular complexity index is 170. The van der Waals surface area contributed by atoms with Crippen molar-refractivity contribution in [2.75, 3.05) is 6.61 Å². The van der Waals surface area contributed by atoms with E-state index >= 15 is 0 Å². The molecule has 2 atom stereocenters. The normalized spacial score (nSPS) is 25.1. The van der Waals surface area contributed by atoms with E-state index in [1.165, 1.54) is 51.4 Å². The maximum Gasteiger partial charge on any atom is 0.0579 e. The highest BCUT2D eigenvalue weighted by Gasteiger charge is 2.21. The third kappa shape index (κ3) is 7.05. The average molecular weight is 242 g/mol. The van der Waals surface area contributed by atoms with E-state index in [2.05, 4.69) is 6.92 Å². The van der Waals surface area contributed by atoms with Gasteiger partial charge in [0.1, 0.15) is 0 Å². The SMILES string of the molecule is CCCCCC[C@@H]1CCC[C@H](CCCCO)O1. The summed E-state index contributed by atoms with van der Waals surface area (Å²) in [5.41, 5.74) is 0. The zero-order valence-corrected chi connectivity index (χ0v) is 11.5. The van der Waals surface area contributed by atoms with Crippen LogP contribution >= 0.6 is 0 Å². The Labute approximate surface area is 107 Å². The van der Waals surface area contributed by atoms with E-state index in [1.807, 2.05) is 0 Å². The van der Waals surface area contributed by atoms with Crippen LogP contribution in [0.4, 0.5) is 0 Å². The van der Waals surface area contributed by atoms with Gasteiger partial charge >= 0.3 is 0 Å². The van der Waals surface area contributed by atoms with Gasteiger partial charge < -0.3 is 9.84 Å². The molecule has 0 saturated carbocycles. The van der Waals surface area contributed by atoms with Crippen LogP contribution in [0.3, 0.4) is 0 Å². The summed E-state index contributed by atoms with van der Waals surface area (Å²) in [4.78, 5) is 0. The maximum absolute atomic E-state index is 8.77. The van der Waals surface area contributed by atoms with Crippen molar-refractivity contribution in [3.63, 3.8) is 0 Å². The highest BCUT2D eigenvalue weighted by molar-refractivity contribution is 4.71. The summed E-state index contributed by atoms with van der Waals surface area (Å²) in [5, 5.41) is 8.77. The second-order valence-electron chi connectivity index (χ2n) is 5.38. The van der Waals surface area contributed by atoms with Crippen molar-refractivity contribution in [3.8, 4) is 0 Å². The van der Waals surface area contributed by atoms with Crippen molar-refractivity contribution in [2.45, 2.75) is 89.8 Å². The molecule has 0 aromatic carbocycles. The molecule has 2 nitrogen and oxygen atoms in total. The lowest BCUT2D eigenvalue weighted by atomic mass is 9.97. The van der Waals surface area contributed by atoms with Crippen molar-refractivity contribution in [2.24, 2.45) is 0 Å². The van der Waals surface area contributed by atoms with E-state index in [-0.39, 0.29) is 0 Å². The molecule has 1 aliphatic rings. The topological polar surface area (TPSA) is 29.5 Å². The number of unbranched alkanes of at least 4 members (excludes halogenated alkanes) is 4. The van der Waals surface area contributed by atoms with Crippen LogP contribution in [0.15, 0.2) is 0 Å². The Morgan fingerprint density at radius 2 is 1.59 bits per heavy atom. The van der Waals surface area contributed by atoms with Gasteiger partial charge in [-0.15, -0.1) is 0 Å². The molecule has 1 aliphatic heterocycles. The average Bonchev–Trinajstić information content (AvgIpc) is 2.36. The van der Waals surface area contributed by atoms with E-state index < -0.39 is 0 Å². The molecule has 0 bridgehead atoms. The molecule has 2 heteroatoms. The minimum atomic E-state index is 0.327. The first kappa shape index (κ1) is 15.0. The molecule has 1 saturated heterocycles. The van der Waals surface area contributed by atoms with E-state index in [0.717, 1.165) is 19.3 Å². The Kier molecular flexibility index (Phi) is 8.72. The smallest absolute Gasteiger partial charge is 0.0579 e. The molecule has 1 rings (SSSR count). The van der Waals surface area contributed by atoms with Crippen molar-refractivity contribution >= 4 is 0 Å². The molecular weight excluding hydrogens is 212 g/mol. The van der Waals surface area contributed by atoms with Gasteiger partial charge in [-0.3, -0.25) is 0 Å². The van der Waals surface area contributed by atoms with Crippen LogP contribution in [0.2, 0.25) is 0 Å². The van der Waals surface area contributed by atoms with Crippen LogP contribution in [0.1, 0.15) is 77.6 Å². The number of aliphatic hydroxyl groups excluding tert-OH is 1. The highest BCUT2D eigenvalue weighted by Crippen LogP contribution is 2.25. The Balaban J connectivity index is 2.06. The second kappa shape index (κ2) is 9.90. The van der Waals surface area contributed by atoms with Crippen molar-refractivity contribution < 1.29 is 9.84 Å². The molecule has 1 fully saturated rings. The van der Waals surface area contributed by atoms with Crippen LogP contribution < -0.4 is 0 Å². The molecule has 102 valence electrons. The third-order valence-corrected chi connectivity index (χ3v) is 3.75. The van der Waals surface area contributed by atoms with Gasteiger partial charge in [0.2, 0.25) is 0 Å². The minimum absolute atomic E-state index is 0.327. The molecule has 0 radical (unpaired) electrons. The van der Waals surface area contributed by atoms with Crippen LogP contribution in [-0.4, -0.2) is 23.9 Å². The predicted octanol–water partition coefficient (Wildman–Crippen LogP) is 4.06. The van der Waals surface area contributed by atoms with Gasteiger partial charge in [-0.05, 0) is 44.9 Å². The van der Waals surface area contributed by atoms with E-state index in [1.54, 1.807) is 0 Å². The van der Waals surface area contributed by atoms with Crippen molar-refractivity contribution in [3.05, 3.63) is 0 Å². The lowest BCUT2D eigenvalue weighted by Gasteiger charge is -2.30.